The van der Waals surface area contributed by atoms with Gasteiger partial charge in [0.15, 0.2) is 0 Å². The topological polar surface area (TPSA) is 87.7 Å². The van der Waals surface area contributed by atoms with Crippen LogP contribution in [0.25, 0.3) is 0 Å². The summed E-state index contributed by atoms with van der Waals surface area (Å²) in [4.78, 5) is 40.9. The Labute approximate surface area is 198 Å². The molecule has 184 valence electrons. The molecular formula is C26H41N3O4. The number of carbonyl (C=O) groups is 3. The number of benzene rings is 1. The van der Waals surface area contributed by atoms with Gasteiger partial charge in [0.2, 0.25) is 11.8 Å². The molecule has 0 aliphatic heterocycles. The van der Waals surface area contributed by atoms with Gasteiger partial charge in [-0.2, -0.15) is 0 Å². The summed E-state index contributed by atoms with van der Waals surface area (Å²) in [5.74, 6) is -0.845. The lowest BCUT2D eigenvalue weighted by Gasteiger charge is -2.35. The van der Waals surface area contributed by atoms with E-state index < -0.39 is 23.8 Å². The molecule has 0 fully saturated rings. The minimum atomic E-state index is -0.862. The number of rotatable bonds is 12. The highest BCUT2D eigenvalue weighted by Gasteiger charge is 2.36. The largest absolute Gasteiger partial charge is 0.444 e. The third-order valence-electron chi connectivity index (χ3n) is 4.97. The minimum Gasteiger partial charge on any atom is -0.444 e. The predicted octanol–water partition coefficient (Wildman–Crippen LogP) is 4.60. The van der Waals surface area contributed by atoms with E-state index >= 15 is 0 Å². The van der Waals surface area contributed by atoms with Crippen molar-refractivity contribution in [2.75, 3.05) is 13.1 Å². The molecule has 3 amide bonds. The van der Waals surface area contributed by atoms with E-state index in [4.69, 9.17) is 4.74 Å². The van der Waals surface area contributed by atoms with Crippen LogP contribution < -0.4 is 10.6 Å². The van der Waals surface area contributed by atoms with E-state index in [1.807, 2.05) is 44.2 Å². The maximum atomic E-state index is 13.7. The van der Waals surface area contributed by atoms with Crippen LogP contribution in [0, 0.1) is 5.92 Å². The quantitative estimate of drug-likeness (QED) is 0.353. The van der Waals surface area contributed by atoms with E-state index in [2.05, 4.69) is 24.1 Å². The van der Waals surface area contributed by atoms with Gasteiger partial charge < -0.3 is 20.3 Å². The molecule has 0 saturated carbocycles. The normalized spacial score (nSPS) is 13.1. The maximum absolute atomic E-state index is 13.7. The third-order valence-corrected chi connectivity index (χ3v) is 4.97. The molecule has 1 rings (SSSR count). The van der Waals surface area contributed by atoms with E-state index in [1.54, 1.807) is 26.8 Å². The van der Waals surface area contributed by atoms with Crippen LogP contribution in [0.5, 0.6) is 0 Å². The van der Waals surface area contributed by atoms with Crippen LogP contribution >= 0.6 is 0 Å². The van der Waals surface area contributed by atoms with E-state index in [0.717, 1.165) is 19.3 Å². The Balaban J connectivity index is 3.25. The highest BCUT2D eigenvalue weighted by molar-refractivity contribution is 5.92. The fourth-order valence-electron chi connectivity index (χ4n) is 3.38. The highest BCUT2D eigenvalue weighted by Crippen LogP contribution is 2.24. The van der Waals surface area contributed by atoms with Crippen LogP contribution in [-0.4, -0.2) is 47.5 Å². The third kappa shape index (κ3) is 9.68. The van der Waals surface area contributed by atoms with Gasteiger partial charge in [0.25, 0.3) is 0 Å². The Morgan fingerprint density at radius 3 is 2.27 bits per heavy atom. The average molecular weight is 460 g/mol. The molecule has 7 nitrogen and oxygen atoms in total. The number of ether oxygens (including phenoxy) is 1. The monoisotopic (exact) mass is 459 g/mol. The van der Waals surface area contributed by atoms with Gasteiger partial charge in [-0.1, -0.05) is 70.0 Å². The van der Waals surface area contributed by atoms with Gasteiger partial charge in [-0.25, -0.2) is 4.79 Å². The zero-order valence-electron chi connectivity index (χ0n) is 21.0. The SMILES string of the molecule is C=CCN(C(=O)C(NC(=O)OC(C)(C)C)C(C)C)C(C(=O)NCCCCC)c1ccccc1. The Bertz CT molecular complexity index is 771. The number of hydrogen-bond donors (Lipinski definition) is 2. The van der Waals surface area contributed by atoms with E-state index in [9.17, 15) is 14.4 Å². The van der Waals surface area contributed by atoms with E-state index in [1.165, 1.54) is 4.90 Å². The molecule has 0 aliphatic rings. The van der Waals surface area contributed by atoms with Crippen molar-refractivity contribution in [3.05, 3.63) is 48.6 Å². The highest BCUT2D eigenvalue weighted by atomic mass is 16.6. The maximum Gasteiger partial charge on any atom is 0.408 e. The van der Waals surface area contributed by atoms with Crippen LogP contribution in [0.2, 0.25) is 0 Å². The molecule has 1 aromatic carbocycles. The van der Waals surface area contributed by atoms with Crippen LogP contribution in [0.4, 0.5) is 4.79 Å². The van der Waals surface area contributed by atoms with Crippen LogP contribution in [-0.2, 0) is 14.3 Å². The molecule has 7 heteroatoms. The van der Waals surface area contributed by atoms with E-state index in [0.29, 0.717) is 12.1 Å². The second-order valence-corrected chi connectivity index (χ2v) is 9.46. The summed E-state index contributed by atoms with van der Waals surface area (Å²) in [7, 11) is 0. The molecular weight excluding hydrogens is 418 g/mol. The van der Waals surface area contributed by atoms with Crippen molar-refractivity contribution in [1.29, 1.82) is 0 Å². The molecule has 1 aromatic rings. The summed E-state index contributed by atoms with van der Waals surface area (Å²) in [6.45, 7) is 15.5. The first-order valence-corrected chi connectivity index (χ1v) is 11.7. The van der Waals surface area contributed by atoms with Crippen LogP contribution in [0.3, 0.4) is 0 Å². The second kappa shape index (κ2) is 13.7. The van der Waals surface area contributed by atoms with Crippen LogP contribution in [0.1, 0.15) is 72.4 Å². The zero-order valence-corrected chi connectivity index (χ0v) is 21.0. The van der Waals surface area contributed by atoms with Crippen molar-refractivity contribution in [2.45, 2.75) is 78.5 Å². The fourth-order valence-corrected chi connectivity index (χ4v) is 3.38. The molecule has 0 aromatic heterocycles. The lowest BCUT2D eigenvalue weighted by Crippen LogP contribution is -2.55. The smallest absolute Gasteiger partial charge is 0.408 e. The summed E-state index contributed by atoms with van der Waals surface area (Å²) in [5, 5.41) is 5.67. The fraction of sp³-hybridized carbons (Fsp3) is 0.577. The Kier molecular flexibility index (Phi) is 11.7. The minimum absolute atomic E-state index is 0.153. The Morgan fingerprint density at radius 2 is 1.76 bits per heavy atom. The summed E-state index contributed by atoms with van der Waals surface area (Å²) >= 11 is 0. The van der Waals surface area contributed by atoms with Crippen molar-refractivity contribution < 1.29 is 19.1 Å². The zero-order chi connectivity index (χ0) is 25.0. The summed E-state index contributed by atoms with van der Waals surface area (Å²) < 4.78 is 5.36. The molecule has 2 atom stereocenters. The van der Waals surface area contributed by atoms with Gasteiger partial charge in [0.05, 0.1) is 0 Å². The first kappa shape index (κ1) is 28.2. The van der Waals surface area contributed by atoms with Gasteiger partial charge in [-0.3, -0.25) is 9.59 Å². The first-order chi connectivity index (χ1) is 15.5. The number of nitrogens with zero attached hydrogens (tertiary/aromatic N) is 1. The summed E-state index contributed by atoms with van der Waals surface area (Å²) in [6, 6.07) is 7.47. The van der Waals surface area contributed by atoms with Crippen molar-refractivity contribution >= 4 is 17.9 Å². The number of carbonyl (C=O) groups excluding carboxylic acids is 3. The number of hydrogen-bond acceptors (Lipinski definition) is 4. The van der Waals surface area contributed by atoms with Gasteiger partial charge in [0, 0.05) is 13.1 Å². The number of unbranched alkanes of at least 4 members (excludes halogenated alkanes) is 2. The number of amides is 3. The Hall–Kier alpha value is -2.83. The average Bonchev–Trinajstić information content (AvgIpc) is 2.73. The first-order valence-electron chi connectivity index (χ1n) is 11.7. The van der Waals surface area contributed by atoms with Gasteiger partial charge in [-0.05, 0) is 38.7 Å². The number of alkyl carbamates (subject to hydrolysis) is 1. The van der Waals surface area contributed by atoms with Crippen molar-refractivity contribution in [3.8, 4) is 0 Å². The standard InChI is InChI=1S/C26H41N3O4/c1-8-10-14-17-27-23(30)22(20-15-12-11-13-16-20)29(18-9-2)24(31)21(19(3)4)28-25(32)33-26(5,6)7/h9,11-13,15-16,19,21-22H,2,8,10,14,17-18H2,1,3-7H3,(H,27,30)(H,28,32). The molecule has 0 radical (unpaired) electrons. The molecule has 0 heterocycles. The van der Waals surface area contributed by atoms with Gasteiger partial charge >= 0.3 is 6.09 Å². The molecule has 2 unspecified atom stereocenters. The van der Waals surface area contributed by atoms with Crippen molar-refractivity contribution in [2.24, 2.45) is 5.92 Å². The molecule has 0 spiro atoms. The molecule has 0 aliphatic carbocycles. The van der Waals surface area contributed by atoms with Gasteiger partial charge in [0.1, 0.15) is 17.7 Å². The lowest BCUT2D eigenvalue weighted by molar-refractivity contribution is -0.142. The molecule has 0 saturated heterocycles. The lowest BCUT2D eigenvalue weighted by atomic mass is 9.99. The van der Waals surface area contributed by atoms with Crippen LogP contribution in [0.15, 0.2) is 43.0 Å². The molecule has 2 N–H and O–H groups in total. The van der Waals surface area contributed by atoms with Gasteiger partial charge in [-0.15, -0.1) is 6.58 Å². The Morgan fingerprint density at radius 1 is 1.12 bits per heavy atom. The summed E-state index contributed by atoms with van der Waals surface area (Å²) in [5.41, 5.74) is 0.000841. The molecule has 0 bridgehead atoms. The second-order valence-electron chi connectivity index (χ2n) is 9.46. The summed E-state index contributed by atoms with van der Waals surface area (Å²) in [6.07, 6.45) is 3.84. The number of nitrogens with one attached hydrogen (secondary N) is 2. The predicted molar refractivity (Wildman–Crippen MR) is 132 cm³/mol. The van der Waals surface area contributed by atoms with Crippen molar-refractivity contribution in [1.82, 2.24) is 15.5 Å². The van der Waals surface area contributed by atoms with Crippen molar-refractivity contribution in [3.63, 3.8) is 0 Å². The molecule has 33 heavy (non-hydrogen) atoms. The van der Waals surface area contributed by atoms with E-state index in [-0.39, 0.29) is 24.3 Å².